The molecule has 0 unspecified atom stereocenters. The molecule has 0 heterocycles. The molecule has 1 aromatic rings. The lowest BCUT2D eigenvalue weighted by Gasteiger charge is -2.05. The molecule has 0 aliphatic heterocycles. The van der Waals surface area contributed by atoms with Crippen LogP contribution < -0.4 is 0 Å². The lowest BCUT2D eigenvalue weighted by molar-refractivity contribution is 0.101. The summed E-state index contributed by atoms with van der Waals surface area (Å²) < 4.78 is 0. The number of phenols is 1. The number of allylic oxidation sites excluding steroid dienone is 1. The highest BCUT2D eigenvalue weighted by atomic mass is 16.3. The summed E-state index contributed by atoms with van der Waals surface area (Å²) in [7, 11) is 0. The maximum Gasteiger partial charge on any atom is 0.163 e. The quantitative estimate of drug-likeness (QED) is 0.788. The summed E-state index contributed by atoms with van der Waals surface area (Å²) in [5, 5.41) is 18.0. The summed E-state index contributed by atoms with van der Waals surface area (Å²) in [4.78, 5) is 11.2. The number of Topliss-reactive ketones (excluding diaryl/α,β-unsaturated/α-hetero) is 1. The van der Waals surface area contributed by atoms with Gasteiger partial charge in [0.2, 0.25) is 0 Å². The number of phenolic OH excluding ortho intramolecular Hbond substituents is 1. The summed E-state index contributed by atoms with van der Waals surface area (Å²) in [5.41, 5.74) is 2.05. The van der Waals surface area contributed by atoms with Gasteiger partial charge in [0.05, 0.1) is 18.1 Å². The van der Waals surface area contributed by atoms with E-state index >= 15 is 0 Å². The van der Waals surface area contributed by atoms with E-state index in [4.69, 9.17) is 5.26 Å². The largest absolute Gasteiger partial charge is 0.507 e. The van der Waals surface area contributed by atoms with Crippen molar-refractivity contribution in [1.29, 1.82) is 5.26 Å². The number of hydrogen-bond acceptors (Lipinski definition) is 3. The molecular weight excluding hydrogens is 202 g/mol. The molecule has 16 heavy (non-hydrogen) atoms. The van der Waals surface area contributed by atoms with Crippen LogP contribution in [0.25, 0.3) is 6.08 Å². The highest BCUT2D eigenvalue weighted by molar-refractivity contribution is 5.97. The average Bonchev–Trinajstić information content (AvgIpc) is 2.22. The van der Waals surface area contributed by atoms with Gasteiger partial charge in [-0.25, -0.2) is 0 Å². The lowest BCUT2D eigenvalue weighted by Crippen LogP contribution is -1.95. The topological polar surface area (TPSA) is 61.1 Å². The molecule has 0 saturated heterocycles. The Labute approximate surface area is 94.6 Å². The first kappa shape index (κ1) is 12.0. The molecule has 0 bridgehead atoms. The minimum absolute atomic E-state index is 0.0188. The highest BCUT2D eigenvalue weighted by Gasteiger charge is 2.08. The molecule has 0 aromatic heterocycles. The third kappa shape index (κ3) is 2.71. The molecule has 1 rings (SSSR count). The van der Waals surface area contributed by atoms with Crippen LogP contribution in [-0.2, 0) is 0 Å². The van der Waals surface area contributed by atoms with E-state index in [-0.39, 0.29) is 11.5 Å². The fraction of sp³-hybridized carbons (Fsp3) is 0.231. The molecular formula is C13H13NO2. The number of aryl methyl sites for hydroxylation is 1. The molecule has 3 nitrogen and oxygen atoms in total. The van der Waals surface area contributed by atoms with Crippen molar-refractivity contribution in [2.24, 2.45) is 0 Å². The minimum atomic E-state index is -0.159. The van der Waals surface area contributed by atoms with Crippen LogP contribution in [0.2, 0.25) is 0 Å². The summed E-state index contributed by atoms with van der Waals surface area (Å²) in [6.07, 6.45) is 3.81. The second kappa shape index (κ2) is 5.13. The van der Waals surface area contributed by atoms with E-state index < -0.39 is 0 Å². The van der Waals surface area contributed by atoms with Crippen molar-refractivity contribution in [2.45, 2.75) is 20.3 Å². The van der Waals surface area contributed by atoms with Gasteiger partial charge in [-0.15, -0.1) is 0 Å². The first-order valence-electron chi connectivity index (χ1n) is 4.94. The number of rotatable bonds is 3. The van der Waals surface area contributed by atoms with Crippen molar-refractivity contribution >= 4 is 11.9 Å². The van der Waals surface area contributed by atoms with Gasteiger partial charge in [0, 0.05) is 0 Å². The van der Waals surface area contributed by atoms with E-state index in [9.17, 15) is 9.90 Å². The van der Waals surface area contributed by atoms with E-state index in [1.165, 1.54) is 6.92 Å². The number of aromatic hydroxyl groups is 1. The molecule has 0 aliphatic rings. The van der Waals surface area contributed by atoms with Crippen molar-refractivity contribution in [3.8, 4) is 11.8 Å². The summed E-state index contributed by atoms with van der Waals surface area (Å²) in [5.74, 6) is -0.178. The Kier molecular flexibility index (Phi) is 3.84. The maximum atomic E-state index is 11.2. The van der Waals surface area contributed by atoms with Gasteiger partial charge < -0.3 is 5.11 Å². The highest BCUT2D eigenvalue weighted by Crippen LogP contribution is 2.23. The van der Waals surface area contributed by atoms with Crippen LogP contribution in [0.15, 0.2) is 18.2 Å². The van der Waals surface area contributed by atoms with Gasteiger partial charge in [-0.3, -0.25) is 4.79 Å². The molecule has 82 valence electrons. The Morgan fingerprint density at radius 3 is 2.81 bits per heavy atom. The number of ketones is 1. The fourth-order valence-corrected chi connectivity index (χ4v) is 1.41. The van der Waals surface area contributed by atoms with Crippen LogP contribution in [-0.4, -0.2) is 10.9 Å². The molecule has 0 aliphatic carbocycles. The minimum Gasteiger partial charge on any atom is -0.507 e. The van der Waals surface area contributed by atoms with Gasteiger partial charge >= 0.3 is 0 Å². The Morgan fingerprint density at radius 1 is 1.56 bits per heavy atom. The summed E-state index contributed by atoms with van der Waals surface area (Å²) in [6, 6.07) is 5.20. The number of hydrogen-bond donors (Lipinski definition) is 1. The predicted octanol–water partition coefficient (Wildman–Crippen LogP) is 2.83. The van der Waals surface area contributed by atoms with Crippen molar-refractivity contribution in [3.05, 3.63) is 34.9 Å². The van der Waals surface area contributed by atoms with Crippen molar-refractivity contribution < 1.29 is 9.90 Å². The molecule has 0 saturated carbocycles. The van der Waals surface area contributed by atoms with Gasteiger partial charge in [-0.05, 0) is 37.1 Å². The molecule has 1 aromatic carbocycles. The number of nitrogens with zero attached hydrogens (tertiary/aromatic N) is 1. The zero-order valence-corrected chi connectivity index (χ0v) is 9.32. The molecule has 0 radical (unpaired) electrons. The van der Waals surface area contributed by atoms with E-state index in [0.29, 0.717) is 12.0 Å². The normalized spacial score (nSPS) is 10.3. The third-order valence-corrected chi connectivity index (χ3v) is 2.27. The first-order chi connectivity index (χ1) is 7.56. The molecule has 1 N–H and O–H groups in total. The lowest BCUT2D eigenvalue weighted by atomic mass is 10.0. The monoisotopic (exact) mass is 215 g/mol. The molecule has 0 fully saturated rings. The molecule has 0 amide bonds. The Hall–Kier alpha value is -2.08. The third-order valence-electron chi connectivity index (χ3n) is 2.27. The number of carbonyl (C=O) groups excluding carboxylic acids is 1. The van der Waals surface area contributed by atoms with E-state index in [1.54, 1.807) is 24.3 Å². The first-order valence-corrected chi connectivity index (χ1v) is 4.94. The fourth-order valence-electron chi connectivity index (χ4n) is 1.41. The molecule has 3 heteroatoms. The van der Waals surface area contributed by atoms with Crippen LogP contribution in [0.1, 0.15) is 34.8 Å². The van der Waals surface area contributed by atoms with Crippen LogP contribution in [0.4, 0.5) is 0 Å². The standard InChI is InChI=1S/C13H13NO2/c1-9-7-12(10(2)15)13(16)8-11(9)5-3-4-6-14/h3,5,7-8,16H,4H2,1-2H3. The van der Waals surface area contributed by atoms with Gasteiger partial charge in [0.1, 0.15) is 5.75 Å². The van der Waals surface area contributed by atoms with E-state index in [2.05, 4.69) is 0 Å². The van der Waals surface area contributed by atoms with Gasteiger partial charge in [0.25, 0.3) is 0 Å². The summed E-state index contributed by atoms with van der Waals surface area (Å²) in [6.45, 7) is 3.28. The van der Waals surface area contributed by atoms with Crippen LogP contribution in [0.5, 0.6) is 5.75 Å². The van der Waals surface area contributed by atoms with E-state index in [1.807, 2.05) is 13.0 Å². The zero-order chi connectivity index (χ0) is 12.1. The van der Waals surface area contributed by atoms with Crippen LogP contribution >= 0.6 is 0 Å². The van der Waals surface area contributed by atoms with Gasteiger partial charge in [-0.1, -0.05) is 12.2 Å². The van der Waals surface area contributed by atoms with E-state index in [0.717, 1.165) is 11.1 Å². The van der Waals surface area contributed by atoms with Crippen LogP contribution in [0, 0.1) is 18.3 Å². The number of carbonyl (C=O) groups is 1. The SMILES string of the molecule is CC(=O)c1cc(C)c(C=CCC#N)cc1O. The summed E-state index contributed by atoms with van der Waals surface area (Å²) >= 11 is 0. The second-order valence-corrected chi connectivity index (χ2v) is 3.55. The second-order valence-electron chi connectivity index (χ2n) is 3.55. The molecule has 0 spiro atoms. The smallest absolute Gasteiger partial charge is 0.163 e. The number of nitriles is 1. The number of benzene rings is 1. The van der Waals surface area contributed by atoms with Gasteiger partial charge in [-0.2, -0.15) is 5.26 Å². The van der Waals surface area contributed by atoms with Crippen LogP contribution in [0.3, 0.4) is 0 Å². The predicted molar refractivity (Wildman–Crippen MR) is 62.1 cm³/mol. The molecule has 0 atom stereocenters. The van der Waals surface area contributed by atoms with Crippen molar-refractivity contribution in [3.63, 3.8) is 0 Å². The van der Waals surface area contributed by atoms with Crippen molar-refractivity contribution in [1.82, 2.24) is 0 Å². The Bertz CT molecular complexity index is 481. The Balaban J connectivity index is 3.11. The maximum absolute atomic E-state index is 11.2. The zero-order valence-electron chi connectivity index (χ0n) is 9.32. The van der Waals surface area contributed by atoms with Gasteiger partial charge in [0.15, 0.2) is 5.78 Å². The van der Waals surface area contributed by atoms with Crippen molar-refractivity contribution in [2.75, 3.05) is 0 Å². The Morgan fingerprint density at radius 2 is 2.25 bits per heavy atom. The average molecular weight is 215 g/mol.